The average molecular weight is 406 g/mol. The van der Waals surface area contributed by atoms with Crippen molar-refractivity contribution < 1.29 is 5.11 Å². The summed E-state index contributed by atoms with van der Waals surface area (Å²) in [6, 6.07) is 19.0. The number of hydrogen-bond acceptors (Lipinski definition) is 5. The number of alkyl halides is 1. The van der Waals surface area contributed by atoms with Gasteiger partial charge in [-0.1, -0.05) is 54.1 Å². The minimum atomic E-state index is -0.715. The highest BCUT2D eigenvalue weighted by Crippen LogP contribution is 2.31. The third-order valence-electron chi connectivity index (χ3n) is 4.23. The van der Waals surface area contributed by atoms with E-state index in [2.05, 4.69) is 11.1 Å². The lowest BCUT2D eigenvalue weighted by Gasteiger charge is -2.10. The number of aromatic nitrogens is 1. The summed E-state index contributed by atoms with van der Waals surface area (Å²) < 4.78 is 0. The van der Waals surface area contributed by atoms with E-state index in [1.165, 1.54) is 11.3 Å². The molecule has 0 aliphatic heterocycles. The first-order chi connectivity index (χ1) is 13.5. The second-order valence-electron chi connectivity index (χ2n) is 6.20. The van der Waals surface area contributed by atoms with Crippen LogP contribution in [0.5, 0.6) is 0 Å². The molecule has 4 nitrogen and oxygen atoms in total. The number of aliphatic hydroxyl groups excluding tert-OH is 1. The predicted octanol–water partition coefficient (Wildman–Crippen LogP) is 5.74. The predicted molar refractivity (Wildman–Crippen MR) is 113 cm³/mol. The van der Waals surface area contributed by atoms with Crippen LogP contribution in [0.3, 0.4) is 0 Å². The third-order valence-corrected chi connectivity index (χ3v) is 5.34. The molecular formula is C22H16ClN3OS. The van der Waals surface area contributed by atoms with Crippen LogP contribution in [0.25, 0.3) is 22.6 Å². The number of nitriles is 2. The summed E-state index contributed by atoms with van der Waals surface area (Å²) in [4.78, 5) is 4.53. The summed E-state index contributed by atoms with van der Waals surface area (Å²) in [5.74, 6) is -0.162. The maximum atomic E-state index is 10.8. The average Bonchev–Trinajstić information content (AvgIpc) is 3.19. The van der Waals surface area contributed by atoms with Gasteiger partial charge in [-0.3, -0.25) is 0 Å². The van der Waals surface area contributed by atoms with Gasteiger partial charge < -0.3 is 5.11 Å². The van der Waals surface area contributed by atoms with Crippen molar-refractivity contribution in [1.82, 2.24) is 4.98 Å². The van der Waals surface area contributed by atoms with Crippen LogP contribution in [0, 0.1) is 29.6 Å². The lowest BCUT2D eigenvalue weighted by Crippen LogP contribution is -2.03. The topological polar surface area (TPSA) is 80.7 Å². The molecule has 0 saturated heterocycles. The van der Waals surface area contributed by atoms with Gasteiger partial charge in [0.15, 0.2) is 0 Å². The Balaban J connectivity index is 2.02. The van der Waals surface area contributed by atoms with E-state index in [1.54, 1.807) is 24.3 Å². The zero-order valence-electron chi connectivity index (χ0n) is 15.1. The Morgan fingerprint density at radius 2 is 1.89 bits per heavy atom. The number of aliphatic hydroxyl groups is 1. The zero-order chi connectivity index (χ0) is 20.1. The Kier molecular flexibility index (Phi) is 6.11. The molecule has 28 heavy (non-hydrogen) atoms. The first-order valence-electron chi connectivity index (χ1n) is 8.51. The van der Waals surface area contributed by atoms with E-state index in [9.17, 15) is 10.4 Å². The van der Waals surface area contributed by atoms with Gasteiger partial charge in [-0.25, -0.2) is 4.98 Å². The third kappa shape index (κ3) is 4.23. The molecule has 0 aliphatic carbocycles. The van der Waals surface area contributed by atoms with Crippen molar-refractivity contribution in [1.29, 1.82) is 10.5 Å². The van der Waals surface area contributed by atoms with Crippen LogP contribution in [0.1, 0.15) is 21.7 Å². The summed E-state index contributed by atoms with van der Waals surface area (Å²) in [7, 11) is 0. The van der Waals surface area contributed by atoms with Crippen LogP contribution in [0.4, 0.5) is 0 Å². The van der Waals surface area contributed by atoms with Gasteiger partial charge in [0.05, 0.1) is 11.8 Å². The molecule has 1 N–H and O–H groups in total. The Bertz CT molecular complexity index is 1100. The Labute approximate surface area is 172 Å². The van der Waals surface area contributed by atoms with Gasteiger partial charge in [0, 0.05) is 22.9 Å². The smallest absolute Gasteiger partial charge is 0.143 e. The highest BCUT2D eigenvalue weighted by molar-refractivity contribution is 7.11. The number of hydrogen-bond donors (Lipinski definition) is 1. The van der Waals surface area contributed by atoms with Crippen molar-refractivity contribution >= 4 is 34.3 Å². The number of thiazole rings is 1. The van der Waals surface area contributed by atoms with Crippen molar-refractivity contribution in [3.8, 4) is 23.4 Å². The summed E-state index contributed by atoms with van der Waals surface area (Å²) in [6.07, 6.45) is 0.267. The van der Waals surface area contributed by atoms with E-state index in [4.69, 9.17) is 16.9 Å². The standard InChI is InChI=1S/C22H16ClN3OS/c1-14-6-8-15(9-7-14)20-13-28-22(26-20)19(12-25)21(27)18-5-3-2-4-16(18)10-17(23)11-24/h2-9,13,17,27H,10H2,1H3. The van der Waals surface area contributed by atoms with E-state index in [0.29, 0.717) is 16.1 Å². The van der Waals surface area contributed by atoms with Crippen molar-refractivity contribution in [2.24, 2.45) is 0 Å². The van der Waals surface area contributed by atoms with Gasteiger partial charge in [0.2, 0.25) is 0 Å². The molecule has 1 atom stereocenters. The van der Waals surface area contributed by atoms with E-state index in [1.807, 2.05) is 42.6 Å². The maximum Gasteiger partial charge on any atom is 0.143 e. The number of rotatable bonds is 5. The molecule has 0 amide bonds. The minimum Gasteiger partial charge on any atom is -0.506 e. The van der Waals surface area contributed by atoms with Gasteiger partial charge in [0.25, 0.3) is 0 Å². The second kappa shape index (κ2) is 8.71. The SMILES string of the molecule is Cc1ccc(-c2csc(C(C#N)=C(O)c3ccccc3CC(Cl)C#N)n2)cc1. The molecule has 3 aromatic rings. The van der Waals surface area contributed by atoms with E-state index < -0.39 is 5.38 Å². The molecule has 0 radical (unpaired) electrons. The summed E-state index contributed by atoms with van der Waals surface area (Å²) in [6.45, 7) is 2.01. The largest absolute Gasteiger partial charge is 0.506 e. The molecule has 0 bridgehead atoms. The molecule has 2 aromatic carbocycles. The lowest BCUT2D eigenvalue weighted by atomic mass is 9.99. The van der Waals surface area contributed by atoms with Crippen LogP contribution in [0.15, 0.2) is 53.9 Å². The zero-order valence-corrected chi connectivity index (χ0v) is 16.6. The van der Waals surface area contributed by atoms with Gasteiger partial charge in [-0.15, -0.1) is 22.9 Å². The summed E-state index contributed by atoms with van der Waals surface area (Å²) >= 11 is 7.25. The number of benzene rings is 2. The molecule has 1 heterocycles. The minimum absolute atomic E-state index is 0.0962. The fraction of sp³-hybridized carbons (Fsp3) is 0.136. The highest BCUT2D eigenvalue weighted by Gasteiger charge is 2.18. The molecule has 138 valence electrons. The normalized spacial score (nSPS) is 12.6. The first-order valence-corrected chi connectivity index (χ1v) is 9.83. The Morgan fingerprint density at radius 3 is 2.57 bits per heavy atom. The molecule has 0 fully saturated rings. The Morgan fingerprint density at radius 1 is 1.18 bits per heavy atom. The van der Waals surface area contributed by atoms with Crippen LogP contribution in [-0.4, -0.2) is 15.5 Å². The Hall–Kier alpha value is -3.12. The van der Waals surface area contributed by atoms with Crippen LogP contribution >= 0.6 is 22.9 Å². The van der Waals surface area contributed by atoms with Gasteiger partial charge in [-0.2, -0.15) is 10.5 Å². The van der Waals surface area contributed by atoms with Crippen molar-refractivity contribution in [2.75, 3.05) is 0 Å². The molecule has 0 aliphatic rings. The van der Waals surface area contributed by atoms with Crippen LogP contribution < -0.4 is 0 Å². The summed E-state index contributed by atoms with van der Waals surface area (Å²) in [5, 5.41) is 31.0. The molecule has 6 heteroatoms. The number of nitrogens with zero attached hydrogens (tertiary/aromatic N) is 3. The molecule has 0 saturated carbocycles. The quantitative estimate of drug-likeness (QED) is 0.333. The maximum absolute atomic E-state index is 10.8. The molecule has 3 rings (SSSR count). The number of halogens is 1. The molecule has 1 aromatic heterocycles. The van der Waals surface area contributed by atoms with Gasteiger partial charge in [0.1, 0.15) is 27.8 Å². The van der Waals surface area contributed by atoms with E-state index >= 15 is 0 Å². The lowest BCUT2D eigenvalue weighted by molar-refractivity contribution is 0.513. The number of allylic oxidation sites excluding steroid dienone is 1. The molecular weight excluding hydrogens is 390 g/mol. The van der Waals surface area contributed by atoms with Gasteiger partial charge in [-0.05, 0) is 12.5 Å². The van der Waals surface area contributed by atoms with Crippen molar-refractivity contribution in [2.45, 2.75) is 18.7 Å². The summed E-state index contributed by atoms with van der Waals surface area (Å²) in [5.41, 5.74) is 4.12. The van der Waals surface area contributed by atoms with E-state index in [0.717, 1.165) is 16.8 Å². The molecule has 1 unspecified atom stereocenters. The highest BCUT2D eigenvalue weighted by atomic mass is 35.5. The fourth-order valence-corrected chi connectivity index (χ4v) is 3.74. The van der Waals surface area contributed by atoms with Crippen molar-refractivity contribution in [3.63, 3.8) is 0 Å². The van der Waals surface area contributed by atoms with Crippen LogP contribution in [0.2, 0.25) is 0 Å². The first kappa shape index (κ1) is 19.6. The second-order valence-corrected chi connectivity index (χ2v) is 7.58. The van der Waals surface area contributed by atoms with E-state index in [-0.39, 0.29) is 17.8 Å². The molecule has 0 spiro atoms. The number of aryl methyl sites for hydroxylation is 1. The van der Waals surface area contributed by atoms with Crippen LogP contribution in [-0.2, 0) is 6.42 Å². The monoisotopic (exact) mass is 405 g/mol. The fourth-order valence-electron chi connectivity index (χ4n) is 2.75. The van der Waals surface area contributed by atoms with Crippen molar-refractivity contribution in [3.05, 3.63) is 75.6 Å². The van der Waals surface area contributed by atoms with Gasteiger partial charge >= 0.3 is 0 Å².